The van der Waals surface area contributed by atoms with Gasteiger partial charge in [-0.1, -0.05) is 30.3 Å². The minimum Gasteiger partial charge on any atom is -0.464 e. The van der Waals surface area contributed by atoms with Crippen molar-refractivity contribution in [1.29, 1.82) is 0 Å². The molecule has 0 bridgehead atoms. The van der Waals surface area contributed by atoms with Crippen LogP contribution < -0.4 is 0 Å². The molecule has 3 heteroatoms. The highest BCUT2D eigenvalue weighted by Gasteiger charge is 2.33. The fourth-order valence-corrected chi connectivity index (χ4v) is 3.44. The van der Waals surface area contributed by atoms with Gasteiger partial charge in [0.25, 0.3) is 0 Å². The lowest BCUT2D eigenvalue weighted by atomic mass is 9.87. The lowest BCUT2D eigenvalue weighted by Crippen LogP contribution is -2.35. The number of fused-ring (bicyclic) bond motifs is 2. The number of benzene rings is 1. The Morgan fingerprint density at radius 2 is 1.81 bits per heavy atom. The molecule has 3 aliphatic rings. The van der Waals surface area contributed by atoms with Crippen molar-refractivity contribution in [2.24, 2.45) is 0 Å². The van der Waals surface area contributed by atoms with Gasteiger partial charge in [0.1, 0.15) is 5.76 Å². The Balaban J connectivity index is 1.90. The van der Waals surface area contributed by atoms with Crippen LogP contribution >= 0.6 is 0 Å². The molecule has 0 saturated carbocycles. The summed E-state index contributed by atoms with van der Waals surface area (Å²) in [6, 6.07) is 16.5. The number of aliphatic hydroxyl groups is 1. The summed E-state index contributed by atoms with van der Waals surface area (Å²) in [7, 11) is 2.06. The second-order valence-electron chi connectivity index (χ2n) is 5.67. The minimum absolute atomic E-state index is 0.152. The molecule has 0 fully saturated rings. The Kier molecular flexibility index (Phi) is 2.84. The molecule has 2 unspecified atom stereocenters. The molecule has 2 atom stereocenters. The summed E-state index contributed by atoms with van der Waals surface area (Å²) >= 11 is 0. The predicted molar refractivity (Wildman–Crippen MR) is 81.2 cm³/mol. The molecule has 2 aliphatic heterocycles. The van der Waals surface area contributed by atoms with Gasteiger partial charge in [0.15, 0.2) is 0 Å². The molecule has 4 rings (SSSR count). The van der Waals surface area contributed by atoms with Crippen molar-refractivity contribution in [3.05, 3.63) is 71.5 Å². The molecule has 0 aromatic heterocycles. The van der Waals surface area contributed by atoms with Crippen LogP contribution in [-0.4, -0.2) is 23.6 Å². The second-order valence-corrected chi connectivity index (χ2v) is 5.67. The Labute approximate surface area is 123 Å². The maximum Gasteiger partial charge on any atom is 0.134 e. The zero-order chi connectivity index (χ0) is 14.4. The fourth-order valence-electron chi connectivity index (χ4n) is 3.44. The van der Waals surface area contributed by atoms with E-state index in [-0.39, 0.29) is 6.04 Å². The van der Waals surface area contributed by atoms with Crippen molar-refractivity contribution >= 4 is 0 Å². The molecule has 3 nitrogen and oxygen atoms in total. The number of aliphatic hydroxyl groups excluding tert-OH is 1. The Morgan fingerprint density at radius 1 is 1.00 bits per heavy atom. The van der Waals surface area contributed by atoms with Crippen molar-refractivity contribution in [3.63, 3.8) is 0 Å². The Hall–Kier alpha value is -2.10. The first-order valence-electron chi connectivity index (χ1n) is 7.19. The molecule has 0 spiro atoms. The van der Waals surface area contributed by atoms with Gasteiger partial charge in [-0.3, -0.25) is 4.90 Å². The van der Waals surface area contributed by atoms with Crippen molar-refractivity contribution < 1.29 is 9.52 Å². The van der Waals surface area contributed by atoms with E-state index in [9.17, 15) is 5.11 Å². The van der Waals surface area contributed by atoms with E-state index in [0.717, 1.165) is 16.9 Å². The first-order valence-corrected chi connectivity index (χ1v) is 7.19. The number of likely N-dealkylation sites (N-methyl/N-ethyl adjacent to an activating group) is 1. The SMILES string of the molecule is CN1CC(O)c2ccccc2C1c1ccc2occcc1-2. The van der Waals surface area contributed by atoms with Crippen LogP contribution in [0.2, 0.25) is 0 Å². The second kappa shape index (κ2) is 4.72. The van der Waals surface area contributed by atoms with Crippen LogP contribution in [0.15, 0.2) is 59.2 Å². The number of rotatable bonds is 1. The van der Waals surface area contributed by atoms with Crippen LogP contribution in [0.5, 0.6) is 0 Å². The van der Waals surface area contributed by atoms with Gasteiger partial charge < -0.3 is 9.52 Å². The van der Waals surface area contributed by atoms with E-state index in [1.54, 1.807) is 6.26 Å². The van der Waals surface area contributed by atoms with Gasteiger partial charge in [0.2, 0.25) is 0 Å². The summed E-state index contributed by atoms with van der Waals surface area (Å²) in [4.78, 5) is 2.20. The Bertz CT molecular complexity index is 748. The fraction of sp³-hybridized carbons (Fsp3) is 0.222. The van der Waals surface area contributed by atoms with E-state index < -0.39 is 6.10 Å². The molecule has 106 valence electrons. The monoisotopic (exact) mass is 279 g/mol. The smallest absolute Gasteiger partial charge is 0.134 e. The first-order chi connectivity index (χ1) is 10.3. The normalized spacial score (nSPS) is 22.4. The van der Waals surface area contributed by atoms with Gasteiger partial charge in [0.05, 0.1) is 18.4 Å². The number of hydrogen-bond acceptors (Lipinski definition) is 3. The summed E-state index contributed by atoms with van der Waals surface area (Å²) in [5.74, 6) is 0.907. The minimum atomic E-state index is -0.423. The topological polar surface area (TPSA) is 36.6 Å². The van der Waals surface area contributed by atoms with E-state index in [1.165, 1.54) is 11.1 Å². The van der Waals surface area contributed by atoms with Crippen LogP contribution in [0.1, 0.15) is 28.8 Å². The lowest BCUT2D eigenvalue weighted by Gasteiger charge is -2.37. The molecule has 21 heavy (non-hydrogen) atoms. The maximum atomic E-state index is 10.3. The van der Waals surface area contributed by atoms with Gasteiger partial charge in [-0.05, 0) is 41.9 Å². The van der Waals surface area contributed by atoms with E-state index in [0.29, 0.717) is 6.54 Å². The zero-order valence-electron chi connectivity index (χ0n) is 11.9. The average molecular weight is 279 g/mol. The average Bonchev–Trinajstić information content (AvgIpc) is 2.92. The maximum absolute atomic E-state index is 10.3. The van der Waals surface area contributed by atoms with Gasteiger partial charge in [0, 0.05) is 12.1 Å². The molecule has 1 aromatic carbocycles. The molecule has 1 aromatic rings. The molecule has 0 saturated heterocycles. The van der Waals surface area contributed by atoms with Crippen LogP contribution in [-0.2, 0) is 0 Å². The highest BCUT2D eigenvalue weighted by Crippen LogP contribution is 2.42. The molecule has 0 amide bonds. The van der Waals surface area contributed by atoms with Crippen molar-refractivity contribution in [3.8, 4) is 11.3 Å². The van der Waals surface area contributed by atoms with E-state index in [1.807, 2.05) is 30.3 Å². The van der Waals surface area contributed by atoms with Gasteiger partial charge >= 0.3 is 0 Å². The quantitative estimate of drug-likeness (QED) is 0.741. The third kappa shape index (κ3) is 1.89. The van der Waals surface area contributed by atoms with E-state index >= 15 is 0 Å². The van der Waals surface area contributed by atoms with Crippen LogP contribution in [0.25, 0.3) is 11.3 Å². The third-order valence-corrected chi connectivity index (χ3v) is 4.37. The summed E-state index contributed by atoms with van der Waals surface area (Å²) in [5.41, 5.74) is 4.58. The molecular formula is C18H17NO2. The van der Waals surface area contributed by atoms with E-state index in [4.69, 9.17) is 4.42 Å². The molecule has 0 radical (unpaired) electrons. The molecule has 1 N–H and O–H groups in total. The van der Waals surface area contributed by atoms with Crippen molar-refractivity contribution in [2.45, 2.75) is 12.1 Å². The largest absolute Gasteiger partial charge is 0.464 e. The van der Waals surface area contributed by atoms with Gasteiger partial charge in [-0.25, -0.2) is 0 Å². The summed E-state index contributed by atoms with van der Waals surface area (Å²) in [6.07, 6.45) is 1.28. The van der Waals surface area contributed by atoms with Crippen LogP contribution in [0, 0.1) is 0 Å². The lowest BCUT2D eigenvalue weighted by molar-refractivity contribution is 0.0946. The predicted octanol–water partition coefficient (Wildman–Crippen LogP) is 3.45. The Morgan fingerprint density at radius 3 is 2.67 bits per heavy atom. The standard InChI is InChI=1S/C18H17NO2/c1-19-11-16(20)12-5-2-3-6-14(12)18(19)15-8-9-17-13(15)7-4-10-21-17/h2-10,16,18,20H,11H2,1H3. The van der Waals surface area contributed by atoms with E-state index in [2.05, 4.69) is 30.1 Å². The van der Waals surface area contributed by atoms with Gasteiger partial charge in [-0.2, -0.15) is 0 Å². The summed E-state index contributed by atoms with van der Waals surface area (Å²) in [6.45, 7) is 0.637. The number of nitrogens with zero attached hydrogens (tertiary/aromatic N) is 1. The third-order valence-electron chi connectivity index (χ3n) is 4.37. The van der Waals surface area contributed by atoms with Crippen LogP contribution in [0.4, 0.5) is 0 Å². The summed E-state index contributed by atoms with van der Waals surface area (Å²) in [5, 5.41) is 10.3. The first kappa shape index (κ1) is 12.6. The highest BCUT2D eigenvalue weighted by molar-refractivity contribution is 5.67. The van der Waals surface area contributed by atoms with Crippen LogP contribution in [0.3, 0.4) is 0 Å². The summed E-state index contributed by atoms with van der Waals surface area (Å²) < 4.78 is 5.56. The molecular weight excluding hydrogens is 262 g/mol. The highest BCUT2D eigenvalue weighted by atomic mass is 16.3. The number of β-amino-alcohol motifs (C(OH)–C–C–N with tert-alkyl or cyclic N) is 1. The molecule has 2 heterocycles. The van der Waals surface area contributed by atoms with Crippen molar-refractivity contribution in [1.82, 2.24) is 4.90 Å². The number of hydrogen-bond donors (Lipinski definition) is 1. The van der Waals surface area contributed by atoms with Gasteiger partial charge in [-0.15, -0.1) is 0 Å². The molecule has 1 aliphatic carbocycles. The zero-order valence-corrected chi connectivity index (χ0v) is 11.9. The van der Waals surface area contributed by atoms with Crippen molar-refractivity contribution in [2.75, 3.05) is 13.6 Å².